The standard InChI is InChI=1S/C12H17NO2S/c1-8-5-10(7-12(14)15-3)9(2)11(6-8)13-16-4/h5-6,13H,7H2,1-4H3. The maximum atomic E-state index is 11.3. The SMILES string of the molecule is COC(=O)Cc1cc(C)cc(NSC)c1C. The molecule has 3 nitrogen and oxygen atoms in total. The summed E-state index contributed by atoms with van der Waals surface area (Å²) in [5.74, 6) is -0.205. The number of hydrogen-bond donors (Lipinski definition) is 1. The van der Waals surface area contributed by atoms with Crippen molar-refractivity contribution in [1.29, 1.82) is 0 Å². The molecule has 0 radical (unpaired) electrons. The molecule has 88 valence electrons. The fourth-order valence-corrected chi connectivity index (χ4v) is 1.99. The van der Waals surface area contributed by atoms with Gasteiger partial charge in [0.15, 0.2) is 0 Å². The third-order valence-electron chi connectivity index (χ3n) is 2.43. The molecule has 0 spiro atoms. The van der Waals surface area contributed by atoms with Crippen LogP contribution in [-0.2, 0) is 16.0 Å². The molecule has 0 saturated carbocycles. The Labute approximate surface area is 101 Å². The Hall–Kier alpha value is -1.16. The molecule has 0 aliphatic rings. The fourth-order valence-electron chi connectivity index (χ4n) is 1.56. The van der Waals surface area contributed by atoms with Gasteiger partial charge in [-0.25, -0.2) is 0 Å². The number of nitrogens with one attached hydrogen (secondary N) is 1. The van der Waals surface area contributed by atoms with E-state index >= 15 is 0 Å². The molecule has 4 heteroatoms. The van der Waals surface area contributed by atoms with Gasteiger partial charge in [-0.15, -0.1) is 0 Å². The van der Waals surface area contributed by atoms with Crippen LogP contribution in [-0.4, -0.2) is 19.3 Å². The van der Waals surface area contributed by atoms with Gasteiger partial charge in [0, 0.05) is 11.9 Å². The van der Waals surface area contributed by atoms with Crippen LogP contribution in [0.15, 0.2) is 12.1 Å². The molecule has 0 atom stereocenters. The molecule has 1 N–H and O–H groups in total. The summed E-state index contributed by atoms with van der Waals surface area (Å²) in [4.78, 5) is 11.3. The van der Waals surface area contributed by atoms with Crippen LogP contribution in [0.3, 0.4) is 0 Å². The third kappa shape index (κ3) is 3.17. The lowest BCUT2D eigenvalue weighted by molar-refractivity contribution is -0.139. The van der Waals surface area contributed by atoms with E-state index < -0.39 is 0 Å². The second kappa shape index (κ2) is 5.80. The first-order valence-electron chi connectivity index (χ1n) is 5.04. The monoisotopic (exact) mass is 239 g/mol. The first kappa shape index (κ1) is 12.9. The second-order valence-electron chi connectivity index (χ2n) is 3.66. The Balaban J connectivity index is 3.03. The number of esters is 1. The van der Waals surface area contributed by atoms with Gasteiger partial charge in [-0.3, -0.25) is 4.79 Å². The Morgan fingerprint density at radius 2 is 2.12 bits per heavy atom. The first-order valence-corrected chi connectivity index (χ1v) is 6.27. The van der Waals surface area contributed by atoms with Crippen molar-refractivity contribution in [3.63, 3.8) is 0 Å². The summed E-state index contributed by atoms with van der Waals surface area (Å²) in [5, 5.41) is 0. The number of methoxy groups -OCH3 is 1. The average Bonchev–Trinajstić information content (AvgIpc) is 2.25. The van der Waals surface area contributed by atoms with Crippen LogP contribution in [0.25, 0.3) is 0 Å². The molecule has 1 rings (SSSR count). The highest BCUT2D eigenvalue weighted by atomic mass is 32.2. The van der Waals surface area contributed by atoms with Crippen molar-refractivity contribution in [2.45, 2.75) is 20.3 Å². The Bertz CT molecular complexity index is 391. The lowest BCUT2D eigenvalue weighted by atomic mass is 10.0. The van der Waals surface area contributed by atoms with Crippen molar-refractivity contribution in [1.82, 2.24) is 0 Å². The molecule has 0 aliphatic carbocycles. The predicted octanol–water partition coefficient (Wildman–Crippen LogP) is 2.71. The average molecular weight is 239 g/mol. The summed E-state index contributed by atoms with van der Waals surface area (Å²) in [6.45, 7) is 4.03. The summed E-state index contributed by atoms with van der Waals surface area (Å²) >= 11 is 1.54. The van der Waals surface area contributed by atoms with Crippen molar-refractivity contribution < 1.29 is 9.53 Å². The van der Waals surface area contributed by atoms with Gasteiger partial charge in [-0.2, -0.15) is 0 Å². The number of ether oxygens (including phenoxy) is 1. The lowest BCUT2D eigenvalue weighted by Crippen LogP contribution is -2.07. The zero-order valence-electron chi connectivity index (χ0n) is 10.1. The van der Waals surface area contributed by atoms with Gasteiger partial charge in [-0.05, 0) is 36.6 Å². The quantitative estimate of drug-likeness (QED) is 0.647. The zero-order valence-corrected chi connectivity index (χ0v) is 10.9. The van der Waals surface area contributed by atoms with E-state index in [4.69, 9.17) is 0 Å². The molecular formula is C12H17NO2S. The number of carbonyl (C=O) groups is 1. The van der Waals surface area contributed by atoms with Gasteiger partial charge in [0.1, 0.15) is 0 Å². The third-order valence-corrected chi connectivity index (χ3v) is 2.86. The van der Waals surface area contributed by atoms with Crippen LogP contribution in [0.5, 0.6) is 0 Å². The molecular weight excluding hydrogens is 222 g/mol. The fraction of sp³-hybridized carbons (Fsp3) is 0.417. The summed E-state index contributed by atoms with van der Waals surface area (Å²) in [7, 11) is 1.41. The van der Waals surface area contributed by atoms with E-state index in [1.165, 1.54) is 7.11 Å². The van der Waals surface area contributed by atoms with E-state index in [0.29, 0.717) is 6.42 Å². The Kier molecular flexibility index (Phi) is 4.68. The Morgan fingerprint density at radius 3 is 2.69 bits per heavy atom. The highest BCUT2D eigenvalue weighted by Crippen LogP contribution is 2.24. The molecule has 1 aromatic carbocycles. The van der Waals surface area contributed by atoms with E-state index in [1.54, 1.807) is 11.9 Å². The maximum Gasteiger partial charge on any atom is 0.309 e. The molecule has 0 unspecified atom stereocenters. The number of benzene rings is 1. The molecule has 0 saturated heterocycles. The molecule has 0 bridgehead atoms. The van der Waals surface area contributed by atoms with Gasteiger partial charge in [0.25, 0.3) is 0 Å². The second-order valence-corrected chi connectivity index (χ2v) is 4.27. The molecule has 16 heavy (non-hydrogen) atoms. The summed E-state index contributed by atoms with van der Waals surface area (Å²) in [5.41, 5.74) is 4.32. The predicted molar refractivity (Wildman–Crippen MR) is 68.8 cm³/mol. The van der Waals surface area contributed by atoms with Gasteiger partial charge in [-0.1, -0.05) is 18.0 Å². The number of carbonyl (C=O) groups excluding carboxylic acids is 1. The van der Waals surface area contributed by atoms with Crippen LogP contribution in [0.2, 0.25) is 0 Å². The topological polar surface area (TPSA) is 38.3 Å². The minimum Gasteiger partial charge on any atom is -0.469 e. The van der Waals surface area contributed by atoms with Gasteiger partial charge in [0.2, 0.25) is 0 Å². The Morgan fingerprint density at radius 1 is 1.44 bits per heavy atom. The molecule has 0 amide bonds. The van der Waals surface area contributed by atoms with Crippen molar-refractivity contribution in [3.8, 4) is 0 Å². The lowest BCUT2D eigenvalue weighted by Gasteiger charge is -2.12. The molecule has 0 aromatic heterocycles. The van der Waals surface area contributed by atoms with Crippen molar-refractivity contribution in [2.75, 3.05) is 18.1 Å². The van der Waals surface area contributed by atoms with E-state index in [0.717, 1.165) is 22.4 Å². The summed E-state index contributed by atoms with van der Waals surface area (Å²) in [6, 6.07) is 4.10. The normalized spacial score (nSPS) is 10.0. The smallest absolute Gasteiger partial charge is 0.309 e. The number of anilines is 1. The molecule has 1 aromatic rings. The van der Waals surface area contributed by atoms with Gasteiger partial charge >= 0.3 is 5.97 Å². The van der Waals surface area contributed by atoms with Crippen LogP contribution in [0.1, 0.15) is 16.7 Å². The zero-order chi connectivity index (χ0) is 12.1. The van der Waals surface area contributed by atoms with Crippen LogP contribution < -0.4 is 4.72 Å². The van der Waals surface area contributed by atoms with Crippen molar-refractivity contribution in [2.24, 2.45) is 0 Å². The minimum atomic E-state index is -0.205. The van der Waals surface area contributed by atoms with Gasteiger partial charge in [0.05, 0.1) is 13.5 Å². The first-order chi connectivity index (χ1) is 7.58. The van der Waals surface area contributed by atoms with E-state index in [1.807, 2.05) is 26.2 Å². The summed E-state index contributed by atoms with van der Waals surface area (Å²) in [6.07, 6.45) is 2.30. The molecule has 0 heterocycles. The number of aryl methyl sites for hydroxylation is 1. The van der Waals surface area contributed by atoms with Crippen LogP contribution in [0, 0.1) is 13.8 Å². The van der Waals surface area contributed by atoms with E-state index in [9.17, 15) is 4.79 Å². The van der Waals surface area contributed by atoms with Crippen molar-refractivity contribution in [3.05, 3.63) is 28.8 Å². The van der Waals surface area contributed by atoms with Crippen LogP contribution in [0.4, 0.5) is 5.69 Å². The van der Waals surface area contributed by atoms with E-state index in [2.05, 4.69) is 15.5 Å². The molecule has 0 aliphatic heterocycles. The van der Waals surface area contributed by atoms with Gasteiger partial charge < -0.3 is 9.46 Å². The summed E-state index contributed by atoms with van der Waals surface area (Å²) < 4.78 is 7.90. The number of rotatable bonds is 4. The maximum absolute atomic E-state index is 11.3. The van der Waals surface area contributed by atoms with Crippen molar-refractivity contribution >= 4 is 23.6 Å². The van der Waals surface area contributed by atoms with Crippen LogP contribution >= 0.6 is 11.9 Å². The number of hydrogen-bond acceptors (Lipinski definition) is 4. The highest BCUT2D eigenvalue weighted by molar-refractivity contribution is 7.99. The largest absolute Gasteiger partial charge is 0.469 e. The molecule has 0 fully saturated rings. The highest BCUT2D eigenvalue weighted by Gasteiger charge is 2.09. The minimum absolute atomic E-state index is 0.205. The van der Waals surface area contributed by atoms with E-state index in [-0.39, 0.29) is 5.97 Å².